The predicted molar refractivity (Wildman–Crippen MR) is 91.2 cm³/mol. The Kier molecular flexibility index (Phi) is 3.52. The molecule has 132 valence electrons. The summed E-state index contributed by atoms with van der Waals surface area (Å²) < 4.78 is 0. The molecule has 9 heteroatoms. The van der Waals surface area contributed by atoms with Crippen LogP contribution in [0.2, 0.25) is 0 Å². The van der Waals surface area contributed by atoms with E-state index in [0.29, 0.717) is 0 Å². The largest absolute Gasteiger partial charge is 0.370 e. The van der Waals surface area contributed by atoms with Crippen LogP contribution in [-0.2, 0) is 14.4 Å². The van der Waals surface area contributed by atoms with Crippen LogP contribution in [-0.4, -0.2) is 46.6 Å². The van der Waals surface area contributed by atoms with Gasteiger partial charge in [0.25, 0.3) is 5.91 Å². The van der Waals surface area contributed by atoms with E-state index in [1.807, 2.05) is 0 Å². The summed E-state index contributed by atoms with van der Waals surface area (Å²) >= 11 is 1.07. The van der Waals surface area contributed by atoms with Crippen LogP contribution in [0.4, 0.5) is 0 Å². The molecule has 1 aromatic rings. The second kappa shape index (κ2) is 5.53. The highest BCUT2D eigenvalue weighted by molar-refractivity contribution is 8.04. The van der Waals surface area contributed by atoms with Crippen molar-refractivity contribution < 1.29 is 24.0 Å². The molecule has 3 amide bonds. The molecule has 2 aliphatic heterocycles. The van der Waals surface area contributed by atoms with Crippen molar-refractivity contribution in [3.8, 4) is 0 Å². The highest BCUT2D eigenvalue weighted by Gasteiger charge is 2.58. The predicted octanol–water partition coefficient (Wildman–Crippen LogP) is -0.705. The molecule has 1 aliphatic carbocycles. The van der Waals surface area contributed by atoms with Crippen LogP contribution in [0.25, 0.3) is 0 Å². The number of amides is 3. The zero-order valence-corrected chi connectivity index (χ0v) is 14.1. The molecule has 0 aromatic heterocycles. The SMILES string of the molecule is NC(=O)C[C@@H]1NC(=O)[C@@]2(CSC3=C2C(=O)c2ccccc2C3=O)NC1=O. The van der Waals surface area contributed by atoms with Gasteiger partial charge in [-0.1, -0.05) is 24.3 Å². The van der Waals surface area contributed by atoms with Crippen molar-refractivity contribution in [2.75, 3.05) is 5.75 Å². The van der Waals surface area contributed by atoms with Crippen LogP contribution in [0.15, 0.2) is 34.7 Å². The molecule has 0 unspecified atom stereocenters. The molecule has 0 radical (unpaired) electrons. The van der Waals surface area contributed by atoms with Crippen molar-refractivity contribution in [1.29, 1.82) is 0 Å². The zero-order valence-electron chi connectivity index (χ0n) is 13.3. The molecular weight excluding hydrogens is 358 g/mol. The van der Waals surface area contributed by atoms with Crippen LogP contribution < -0.4 is 16.4 Å². The van der Waals surface area contributed by atoms with E-state index in [0.717, 1.165) is 11.8 Å². The van der Waals surface area contributed by atoms with Gasteiger partial charge in [-0.3, -0.25) is 24.0 Å². The normalized spacial score (nSPS) is 27.2. The molecule has 0 saturated carbocycles. The number of hydrogen-bond acceptors (Lipinski definition) is 6. The molecule has 1 saturated heterocycles. The first-order chi connectivity index (χ1) is 12.3. The van der Waals surface area contributed by atoms with Crippen LogP contribution in [0.1, 0.15) is 27.1 Å². The number of allylic oxidation sites excluding steroid dienone is 1. The average molecular weight is 371 g/mol. The number of rotatable bonds is 2. The second-order valence-electron chi connectivity index (χ2n) is 6.29. The highest BCUT2D eigenvalue weighted by Crippen LogP contribution is 2.46. The number of primary amides is 1. The number of fused-ring (bicyclic) bond motifs is 2. The number of thioether (sulfide) groups is 1. The molecular formula is C17H13N3O5S. The van der Waals surface area contributed by atoms with E-state index in [4.69, 9.17) is 5.73 Å². The molecule has 1 fully saturated rings. The Balaban J connectivity index is 1.77. The summed E-state index contributed by atoms with van der Waals surface area (Å²) in [6.07, 6.45) is -0.345. The summed E-state index contributed by atoms with van der Waals surface area (Å²) in [4.78, 5) is 62.1. The third kappa shape index (κ3) is 2.13. The summed E-state index contributed by atoms with van der Waals surface area (Å²) in [7, 11) is 0. The van der Waals surface area contributed by atoms with Crippen molar-refractivity contribution in [3.63, 3.8) is 0 Å². The van der Waals surface area contributed by atoms with Crippen LogP contribution in [0, 0.1) is 0 Å². The van der Waals surface area contributed by atoms with Gasteiger partial charge in [0.05, 0.1) is 16.9 Å². The molecule has 0 bridgehead atoms. The second-order valence-corrected chi connectivity index (χ2v) is 7.27. The van der Waals surface area contributed by atoms with Crippen molar-refractivity contribution >= 4 is 41.0 Å². The molecule has 4 rings (SSSR count). The minimum absolute atomic E-state index is 0.00502. The minimum atomic E-state index is -1.62. The number of ketones is 2. The molecule has 4 N–H and O–H groups in total. The van der Waals surface area contributed by atoms with Gasteiger partial charge >= 0.3 is 0 Å². The van der Waals surface area contributed by atoms with Crippen LogP contribution >= 0.6 is 11.8 Å². The third-order valence-corrected chi connectivity index (χ3v) is 5.94. The van der Waals surface area contributed by atoms with E-state index in [2.05, 4.69) is 10.6 Å². The number of Topliss-reactive ketones (excluding diaryl/α,β-unsaturated/α-hetero) is 2. The van der Waals surface area contributed by atoms with Gasteiger partial charge in [0.1, 0.15) is 6.04 Å². The fraction of sp³-hybridized carbons (Fsp3) is 0.235. The van der Waals surface area contributed by atoms with Gasteiger partial charge in [0.15, 0.2) is 11.3 Å². The zero-order chi connectivity index (χ0) is 18.6. The fourth-order valence-corrected chi connectivity index (χ4v) is 4.82. The Bertz CT molecular complexity index is 953. The van der Waals surface area contributed by atoms with Crippen LogP contribution in [0.3, 0.4) is 0 Å². The van der Waals surface area contributed by atoms with Gasteiger partial charge in [-0.2, -0.15) is 0 Å². The van der Waals surface area contributed by atoms with Gasteiger partial charge in [0, 0.05) is 16.9 Å². The minimum Gasteiger partial charge on any atom is -0.370 e. The molecule has 2 heterocycles. The topological polar surface area (TPSA) is 135 Å². The lowest BCUT2D eigenvalue weighted by Gasteiger charge is -2.38. The number of nitrogens with one attached hydrogen (secondary N) is 2. The van der Waals surface area contributed by atoms with Gasteiger partial charge in [0.2, 0.25) is 17.6 Å². The third-order valence-electron chi connectivity index (χ3n) is 4.69. The molecule has 1 spiro atoms. The number of piperazine rings is 1. The van der Waals surface area contributed by atoms with Crippen molar-refractivity contribution in [3.05, 3.63) is 45.9 Å². The lowest BCUT2D eigenvalue weighted by atomic mass is 9.78. The lowest BCUT2D eigenvalue weighted by molar-refractivity contribution is -0.140. The maximum atomic E-state index is 13.0. The number of benzene rings is 1. The number of hydrogen-bond donors (Lipinski definition) is 3. The smallest absolute Gasteiger partial charge is 0.252 e. The molecule has 26 heavy (non-hydrogen) atoms. The summed E-state index contributed by atoms with van der Waals surface area (Å²) in [5, 5.41) is 5.03. The lowest BCUT2D eigenvalue weighted by Crippen LogP contribution is -2.71. The first-order valence-electron chi connectivity index (χ1n) is 7.82. The summed E-state index contributed by atoms with van der Waals surface area (Å²) in [6.45, 7) is 0. The van der Waals surface area contributed by atoms with E-state index in [-0.39, 0.29) is 39.6 Å². The van der Waals surface area contributed by atoms with E-state index < -0.39 is 35.1 Å². The number of nitrogens with two attached hydrogens (primary N) is 1. The summed E-state index contributed by atoms with van der Waals surface area (Å²) in [5.41, 5.74) is 3.96. The standard InChI is InChI=1S/C17H13N3O5S/c18-10(21)5-9-15(24)20-17(16(25)19-9)6-26-14-11(17)12(22)7-3-1-2-4-8(7)13(14)23/h1-4,9H,5-6H2,(H2,18,21)(H,19,25)(H,20,24)/t9-,17-/m0/s1. The average Bonchev–Trinajstić information content (AvgIpc) is 2.98. The first kappa shape index (κ1) is 16.5. The summed E-state index contributed by atoms with van der Waals surface area (Å²) in [6, 6.07) is 5.28. The van der Waals surface area contributed by atoms with E-state index in [9.17, 15) is 24.0 Å². The number of carbonyl (C=O) groups excluding carboxylic acids is 5. The van der Waals surface area contributed by atoms with Crippen molar-refractivity contribution in [2.45, 2.75) is 18.0 Å². The Morgan fingerprint density at radius 1 is 1.15 bits per heavy atom. The van der Waals surface area contributed by atoms with Crippen LogP contribution in [0.5, 0.6) is 0 Å². The Morgan fingerprint density at radius 2 is 1.81 bits per heavy atom. The Hall–Kier alpha value is -2.94. The van der Waals surface area contributed by atoms with Crippen molar-refractivity contribution in [1.82, 2.24) is 10.6 Å². The maximum absolute atomic E-state index is 13.0. The monoisotopic (exact) mass is 371 g/mol. The summed E-state index contributed by atoms with van der Waals surface area (Å²) in [5.74, 6) is -2.73. The maximum Gasteiger partial charge on any atom is 0.252 e. The van der Waals surface area contributed by atoms with Gasteiger partial charge in [-0.25, -0.2) is 0 Å². The molecule has 8 nitrogen and oxygen atoms in total. The van der Waals surface area contributed by atoms with E-state index >= 15 is 0 Å². The molecule has 3 aliphatic rings. The Labute approximate surface area is 151 Å². The van der Waals surface area contributed by atoms with E-state index in [1.165, 1.54) is 6.07 Å². The van der Waals surface area contributed by atoms with Gasteiger partial charge < -0.3 is 16.4 Å². The van der Waals surface area contributed by atoms with Crippen molar-refractivity contribution in [2.24, 2.45) is 5.73 Å². The highest BCUT2D eigenvalue weighted by atomic mass is 32.2. The number of carbonyl (C=O) groups is 5. The molecule has 2 atom stereocenters. The first-order valence-corrected chi connectivity index (χ1v) is 8.81. The van der Waals surface area contributed by atoms with E-state index in [1.54, 1.807) is 18.2 Å². The van der Waals surface area contributed by atoms with Gasteiger partial charge in [-0.15, -0.1) is 11.8 Å². The molecule has 1 aromatic carbocycles. The fourth-order valence-electron chi connectivity index (χ4n) is 3.45. The quantitative estimate of drug-likeness (QED) is 0.629. The Morgan fingerprint density at radius 3 is 2.46 bits per heavy atom. The van der Waals surface area contributed by atoms with Gasteiger partial charge in [-0.05, 0) is 0 Å².